The number of aromatic amines is 1. The molecule has 1 aliphatic rings. The first-order valence-corrected chi connectivity index (χ1v) is 8.57. The lowest BCUT2D eigenvalue weighted by Crippen LogP contribution is -2.23. The molecule has 0 saturated carbocycles. The van der Waals surface area contributed by atoms with Gasteiger partial charge >= 0.3 is 0 Å². The molecule has 0 spiro atoms. The second-order valence-electron chi connectivity index (χ2n) is 5.77. The molecule has 23 heavy (non-hydrogen) atoms. The Kier molecular flexibility index (Phi) is 4.52. The summed E-state index contributed by atoms with van der Waals surface area (Å²) in [6.07, 6.45) is 2.62. The maximum atomic E-state index is 12.3. The van der Waals surface area contributed by atoms with Crippen LogP contribution in [0.1, 0.15) is 30.2 Å². The Morgan fingerprint density at radius 3 is 3.00 bits per heavy atom. The summed E-state index contributed by atoms with van der Waals surface area (Å²) in [5, 5.41) is 3.06. The first kappa shape index (κ1) is 15.8. The average molecular weight is 329 g/mol. The average Bonchev–Trinajstić information content (AvgIpc) is 2.96. The number of fused-ring (bicyclic) bond motifs is 1. The molecule has 0 radical (unpaired) electrons. The minimum atomic E-state index is -0.349. The number of benzene rings is 1. The molecule has 1 amide bonds. The lowest BCUT2D eigenvalue weighted by molar-refractivity contribution is -0.115. The standard InChI is InChI=1S/C17H19N3O2S/c1-10-5-3-6-12(9-10)18-15(21)11(2)23-17-19-14-8-4-7-13(14)16(22)20-17/h3,5-6,9,11H,4,7-8H2,1-2H3,(H,18,21)(H,19,20,22). The van der Waals surface area contributed by atoms with Crippen LogP contribution in [0.2, 0.25) is 0 Å². The van der Waals surface area contributed by atoms with Crippen molar-refractivity contribution in [1.82, 2.24) is 9.97 Å². The Morgan fingerprint density at radius 2 is 2.22 bits per heavy atom. The monoisotopic (exact) mass is 329 g/mol. The lowest BCUT2D eigenvalue weighted by Gasteiger charge is -2.12. The zero-order valence-electron chi connectivity index (χ0n) is 13.2. The highest BCUT2D eigenvalue weighted by atomic mass is 32.2. The number of aryl methyl sites for hydroxylation is 2. The molecule has 1 heterocycles. The minimum absolute atomic E-state index is 0.0682. The van der Waals surface area contributed by atoms with E-state index >= 15 is 0 Å². The summed E-state index contributed by atoms with van der Waals surface area (Å²) in [5.74, 6) is -0.108. The second kappa shape index (κ2) is 6.58. The molecule has 1 atom stereocenters. The molecule has 1 unspecified atom stereocenters. The molecule has 1 aliphatic carbocycles. The number of nitrogens with zero attached hydrogens (tertiary/aromatic N) is 1. The second-order valence-corrected chi connectivity index (χ2v) is 7.10. The van der Waals surface area contributed by atoms with E-state index in [1.165, 1.54) is 11.8 Å². The predicted octanol–water partition coefficient (Wildman–Crippen LogP) is 2.69. The predicted molar refractivity (Wildman–Crippen MR) is 92.0 cm³/mol. The van der Waals surface area contributed by atoms with Crippen LogP contribution in [0, 0.1) is 6.92 Å². The van der Waals surface area contributed by atoms with Gasteiger partial charge in [-0.2, -0.15) is 0 Å². The highest BCUT2D eigenvalue weighted by Gasteiger charge is 2.20. The number of aromatic nitrogens is 2. The number of hydrogen-bond donors (Lipinski definition) is 2. The Balaban J connectivity index is 1.69. The van der Waals surface area contributed by atoms with Crippen LogP contribution in [0.5, 0.6) is 0 Å². The maximum absolute atomic E-state index is 12.3. The normalized spacial score (nSPS) is 14.3. The van der Waals surface area contributed by atoms with Crippen molar-refractivity contribution in [3.05, 3.63) is 51.4 Å². The fourth-order valence-corrected chi connectivity index (χ4v) is 3.48. The van der Waals surface area contributed by atoms with Crippen LogP contribution in [-0.2, 0) is 17.6 Å². The summed E-state index contributed by atoms with van der Waals surface area (Å²) in [5.41, 5.74) is 3.47. The summed E-state index contributed by atoms with van der Waals surface area (Å²) >= 11 is 1.28. The van der Waals surface area contributed by atoms with E-state index in [-0.39, 0.29) is 16.7 Å². The SMILES string of the molecule is Cc1cccc(NC(=O)C(C)Sc2nc3c(c(=O)[nH]2)CCC3)c1. The van der Waals surface area contributed by atoms with Crippen molar-refractivity contribution >= 4 is 23.4 Å². The fraction of sp³-hybridized carbons (Fsp3) is 0.353. The van der Waals surface area contributed by atoms with Gasteiger partial charge in [-0.05, 0) is 50.8 Å². The van der Waals surface area contributed by atoms with Crippen LogP contribution in [-0.4, -0.2) is 21.1 Å². The van der Waals surface area contributed by atoms with Crippen LogP contribution in [0.4, 0.5) is 5.69 Å². The summed E-state index contributed by atoms with van der Waals surface area (Å²) in [7, 11) is 0. The number of nitrogens with one attached hydrogen (secondary N) is 2. The van der Waals surface area contributed by atoms with E-state index in [0.717, 1.165) is 41.8 Å². The molecular weight excluding hydrogens is 310 g/mol. The molecule has 0 fully saturated rings. The van der Waals surface area contributed by atoms with Gasteiger partial charge in [0.25, 0.3) is 5.56 Å². The summed E-state index contributed by atoms with van der Waals surface area (Å²) in [6, 6.07) is 7.66. The third-order valence-electron chi connectivity index (χ3n) is 3.86. The topological polar surface area (TPSA) is 74.8 Å². The number of amides is 1. The van der Waals surface area contributed by atoms with E-state index in [9.17, 15) is 9.59 Å². The van der Waals surface area contributed by atoms with Crippen molar-refractivity contribution in [3.63, 3.8) is 0 Å². The first-order valence-electron chi connectivity index (χ1n) is 7.69. The molecule has 3 rings (SSSR count). The summed E-state index contributed by atoms with van der Waals surface area (Å²) in [6.45, 7) is 3.79. The summed E-state index contributed by atoms with van der Waals surface area (Å²) in [4.78, 5) is 31.6. The number of thioether (sulfide) groups is 1. The third-order valence-corrected chi connectivity index (χ3v) is 4.85. The van der Waals surface area contributed by atoms with E-state index in [1.54, 1.807) is 0 Å². The minimum Gasteiger partial charge on any atom is -0.325 e. The van der Waals surface area contributed by atoms with Crippen LogP contribution in [0.15, 0.2) is 34.2 Å². The lowest BCUT2D eigenvalue weighted by atomic mass is 10.2. The van der Waals surface area contributed by atoms with Crippen molar-refractivity contribution < 1.29 is 4.79 Å². The molecule has 2 N–H and O–H groups in total. The highest BCUT2D eigenvalue weighted by Crippen LogP contribution is 2.23. The van der Waals surface area contributed by atoms with Crippen LogP contribution < -0.4 is 10.9 Å². The van der Waals surface area contributed by atoms with Crippen molar-refractivity contribution in [2.75, 3.05) is 5.32 Å². The Morgan fingerprint density at radius 1 is 1.39 bits per heavy atom. The number of rotatable bonds is 4. The van der Waals surface area contributed by atoms with Crippen LogP contribution in [0.3, 0.4) is 0 Å². The molecule has 2 aromatic rings. The van der Waals surface area contributed by atoms with E-state index in [1.807, 2.05) is 38.1 Å². The third kappa shape index (κ3) is 3.64. The maximum Gasteiger partial charge on any atom is 0.254 e. The summed E-state index contributed by atoms with van der Waals surface area (Å²) < 4.78 is 0. The zero-order valence-corrected chi connectivity index (χ0v) is 14.0. The van der Waals surface area contributed by atoms with Gasteiger partial charge in [-0.1, -0.05) is 23.9 Å². The molecular formula is C17H19N3O2S. The largest absolute Gasteiger partial charge is 0.325 e. The Labute approximate surface area is 138 Å². The van der Waals surface area contributed by atoms with Gasteiger partial charge in [0, 0.05) is 11.3 Å². The fourth-order valence-electron chi connectivity index (χ4n) is 2.66. The van der Waals surface area contributed by atoms with Crippen molar-refractivity contribution in [2.45, 2.75) is 43.5 Å². The van der Waals surface area contributed by atoms with Crippen LogP contribution in [0.25, 0.3) is 0 Å². The smallest absolute Gasteiger partial charge is 0.254 e. The van der Waals surface area contributed by atoms with Gasteiger partial charge < -0.3 is 10.3 Å². The van der Waals surface area contributed by atoms with Gasteiger partial charge in [0.1, 0.15) is 0 Å². The van der Waals surface area contributed by atoms with Crippen molar-refractivity contribution in [3.8, 4) is 0 Å². The highest BCUT2D eigenvalue weighted by molar-refractivity contribution is 8.00. The van der Waals surface area contributed by atoms with Gasteiger partial charge in [-0.3, -0.25) is 9.59 Å². The van der Waals surface area contributed by atoms with Crippen LogP contribution >= 0.6 is 11.8 Å². The molecule has 120 valence electrons. The van der Waals surface area contributed by atoms with E-state index in [2.05, 4.69) is 15.3 Å². The molecule has 0 bridgehead atoms. The zero-order chi connectivity index (χ0) is 16.4. The van der Waals surface area contributed by atoms with Gasteiger partial charge in [-0.25, -0.2) is 4.98 Å². The Hall–Kier alpha value is -2.08. The van der Waals surface area contributed by atoms with Gasteiger partial charge in [0.05, 0.1) is 10.9 Å². The van der Waals surface area contributed by atoms with E-state index in [0.29, 0.717) is 5.16 Å². The van der Waals surface area contributed by atoms with Gasteiger partial charge in [-0.15, -0.1) is 0 Å². The number of carbonyl (C=O) groups is 1. The molecule has 5 nitrogen and oxygen atoms in total. The number of carbonyl (C=O) groups excluding carboxylic acids is 1. The number of hydrogen-bond acceptors (Lipinski definition) is 4. The molecule has 6 heteroatoms. The molecule has 1 aromatic carbocycles. The first-order chi connectivity index (χ1) is 11.0. The molecule has 0 aliphatic heterocycles. The number of anilines is 1. The molecule has 0 saturated heterocycles. The quantitative estimate of drug-likeness (QED) is 0.668. The van der Waals surface area contributed by atoms with Gasteiger partial charge in [0.2, 0.25) is 5.91 Å². The van der Waals surface area contributed by atoms with Crippen molar-refractivity contribution in [2.24, 2.45) is 0 Å². The number of H-pyrrole nitrogens is 1. The Bertz CT molecular complexity index is 801. The van der Waals surface area contributed by atoms with Crippen molar-refractivity contribution in [1.29, 1.82) is 0 Å². The van der Waals surface area contributed by atoms with Gasteiger partial charge in [0.15, 0.2) is 5.16 Å². The van der Waals surface area contributed by atoms with E-state index < -0.39 is 0 Å². The molecule has 1 aromatic heterocycles. The van der Waals surface area contributed by atoms with E-state index in [4.69, 9.17) is 0 Å².